The van der Waals surface area contributed by atoms with Crippen LogP contribution in [-0.2, 0) is 11.3 Å². The Bertz CT molecular complexity index is 509. The summed E-state index contributed by atoms with van der Waals surface area (Å²) in [5, 5.41) is 3.31. The van der Waals surface area contributed by atoms with Crippen molar-refractivity contribution in [1.29, 1.82) is 0 Å². The highest BCUT2D eigenvalue weighted by Crippen LogP contribution is 2.29. The smallest absolute Gasteiger partial charge is 0.220 e. The van der Waals surface area contributed by atoms with Gasteiger partial charge in [0, 0.05) is 37.9 Å². The third-order valence-electron chi connectivity index (χ3n) is 5.21. The summed E-state index contributed by atoms with van der Waals surface area (Å²) in [5.41, 5.74) is 0. The van der Waals surface area contributed by atoms with E-state index in [1.54, 1.807) is 12.4 Å². The average molecular weight is 353 g/mol. The van der Waals surface area contributed by atoms with Crippen molar-refractivity contribution in [2.24, 2.45) is 11.8 Å². The fraction of sp³-hybridized carbons (Fsp3) is 0.722. The molecule has 6 heteroatoms. The van der Waals surface area contributed by atoms with Crippen molar-refractivity contribution in [2.75, 3.05) is 13.1 Å². The van der Waals surface area contributed by atoms with Crippen LogP contribution in [0.15, 0.2) is 18.5 Å². The molecule has 1 aliphatic heterocycles. The van der Waals surface area contributed by atoms with Gasteiger partial charge in [-0.3, -0.25) is 9.69 Å². The molecule has 0 unspecified atom stereocenters. The third kappa shape index (κ3) is 5.15. The molecule has 5 nitrogen and oxygen atoms in total. The van der Waals surface area contributed by atoms with E-state index in [1.165, 1.54) is 25.7 Å². The van der Waals surface area contributed by atoms with Gasteiger partial charge in [0.1, 0.15) is 5.82 Å². The number of carbonyl (C=O) groups excluding carboxylic acids is 1. The normalized spacial score (nSPS) is 24.2. The maximum atomic E-state index is 12.3. The summed E-state index contributed by atoms with van der Waals surface area (Å²) in [5.74, 6) is 2.30. The summed E-state index contributed by atoms with van der Waals surface area (Å²) in [6.45, 7) is 4.94. The number of amides is 1. The van der Waals surface area contributed by atoms with Gasteiger partial charge < -0.3 is 5.32 Å². The van der Waals surface area contributed by atoms with Gasteiger partial charge in [0.25, 0.3) is 0 Å². The number of halogens is 1. The van der Waals surface area contributed by atoms with Crippen molar-refractivity contribution in [3.63, 3.8) is 0 Å². The molecule has 1 aromatic heterocycles. The van der Waals surface area contributed by atoms with Gasteiger partial charge in [-0.15, -0.1) is 12.4 Å². The van der Waals surface area contributed by atoms with Crippen LogP contribution in [-0.4, -0.2) is 39.9 Å². The minimum atomic E-state index is 0. The molecule has 0 bridgehead atoms. The maximum absolute atomic E-state index is 12.3. The van der Waals surface area contributed by atoms with Crippen molar-refractivity contribution < 1.29 is 4.79 Å². The number of nitrogens with one attached hydrogen (secondary N) is 1. The first-order valence-corrected chi connectivity index (χ1v) is 9.02. The van der Waals surface area contributed by atoms with Crippen LogP contribution in [0.3, 0.4) is 0 Å². The lowest BCUT2D eigenvalue weighted by Crippen LogP contribution is -2.41. The third-order valence-corrected chi connectivity index (χ3v) is 5.21. The lowest BCUT2D eigenvalue weighted by molar-refractivity contribution is -0.123. The van der Waals surface area contributed by atoms with E-state index in [0.717, 1.165) is 38.3 Å². The Labute approximate surface area is 151 Å². The van der Waals surface area contributed by atoms with E-state index < -0.39 is 0 Å². The molecule has 0 spiro atoms. The summed E-state index contributed by atoms with van der Waals surface area (Å²) in [6, 6.07) is 2.13. The van der Waals surface area contributed by atoms with E-state index in [2.05, 4.69) is 27.1 Å². The largest absolute Gasteiger partial charge is 0.352 e. The van der Waals surface area contributed by atoms with E-state index in [-0.39, 0.29) is 24.4 Å². The zero-order chi connectivity index (χ0) is 16.1. The number of hydrogen-bond donors (Lipinski definition) is 1. The quantitative estimate of drug-likeness (QED) is 0.819. The van der Waals surface area contributed by atoms with Crippen LogP contribution in [0.5, 0.6) is 0 Å². The number of nitrogens with zero attached hydrogens (tertiary/aromatic N) is 3. The van der Waals surface area contributed by atoms with Crippen molar-refractivity contribution in [3.8, 4) is 0 Å². The first-order valence-electron chi connectivity index (χ1n) is 9.02. The van der Waals surface area contributed by atoms with E-state index in [4.69, 9.17) is 0 Å². The van der Waals surface area contributed by atoms with Gasteiger partial charge in [-0.1, -0.05) is 19.8 Å². The Morgan fingerprint density at radius 3 is 2.67 bits per heavy atom. The van der Waals surface area contributed by atoms with Gasteiger partial charge in [-0.05, 0) is 37.2 Å². The molecular weight excluding hydrogens is 324 g/mol. The minimum Gasteiger partial charge on any atom is -0.352 e. The predicted octanol–water partition coefficient (Wildman–Crippen LogP) is 2.81. The fourth-order valence-electron chi connectivity index (χ4n) is 3.75. The number of rotatable bonds is 7. The van der Waals surface area contributed by atoms with Crippen LogP contribution in [0.4, 0.5) is 0 Å². The average Bonchev–Trinajstić information content (AvgIpc) is 2.86. The molecule has 1 aliphatic carbocycles. The highest BCUT2D eigenvalue weighted by molar-refractivity contribution is 5.85. The Kier molecular flexibility index (Phi) is 7.43. The van der Waals surface area contributed by atoms with Crippen LogP contribution in [0, 0.1) is 11.8 Å². The lowest BCUT2D eigenvalue weighted by Gasteiger charge is -2.26. The van der Waals surface area contributed by atoms with Crippen molar-refractivity contribution >= 4 is 18.3 Å². The minimum absolute atomic E-state index is 0. The molecule has 1 N–H and O–H groups in total. The lowest BCUT2D eigenvalue weighted by atomic mass is 9.82. The molecule has 3 rings (SSSR count). The zero-order valence-electron chi connectivity index (χ0n) is 14.5. The molecule has 1 aromatic rings. The highest BCUT2D eigenvalue weighted by atomic mass is 35.5. The molecule has 0 aromatic carbocycles. The SMILES string of the molecule is CCC[C@H]1CN(Cc2ncccn2)C[C@@H]1NC(=O)CC1CCC1.Cl. The summed E-state index contributed by atoms with van der Waals surface area (Å²) in [6.07, 6.45) is 10.4. The summed E-state index contributed by atoms with van der Waals surface area (Å²) in [7, 11) is 0. The highest BCUT2D eigenvalue weighted by Gasteiger charge is 2.34. The predicted molar refractivity (Wildman–Crippen MR) is 96.8 cm³/mol. The number of likely N-dealkylation sites (tertiary alicyclic amines) is 1. The van der Waals surface area contributed by atoms with Gasteiger partial charge in [0.2, 0.25) is 5.91 Å². The standard InChI is InChI=1S/C18H28N4O.ClH/c1-2-5-15-11-22(13-17-19-8-4-9-20-17)12-16(15)21-18(23)10-14-6-3-7-14;/h4,8-9,14-16H,2-3,5-7,10-13H2,1H3,(H,21,23);1H/t15-,16-;/m0./s1. The summed E-state index contributed by atoms with van der Waals surface area (Å²) < 4.78 is 0. The number of hydrogen-bond acceptors (Lipinski definition) is 4. The molecule has 2 heterocycles. The van der Waals surface area contributed by atoms with Crippen LogP contribution in [0.1, 0.15) is 51.3 Å². The van der Waals surface area contributed by atoms with E-state index in [9.17, 15) is 4.79 Å². The van der Waals surface area contributed by atoms with Gasteiger partial charge in [0.15, 0.2) is 0 Å². The number of aromatic nitrogens is 2. The second kappa shape index (κ2) is 9.33. The molecular formula is C18H29ClN4O. The first-order chi connectivity index (χ1) is 11.2. The van der Waals surface area contributed by atoms with E-state index >= 15 is 0 Å². The van der Waals surface area contributed by atoms with E-state index in [0.29, 0.717) is 11.8 Å². The van der Waals surface area contributed by atoms with Crippen LogP contribution >= 0.6 is 12.4 Å². The van der Waals surface area contributed by atoms with Crippen LogP contribution in [0.2, 0.25) is 0 Å². The summed E-state index contributed by atoms with van der Waals surface area (Å²) in [4.78, 5) is 23.3. The van der Waals surface area contributed by atoms with E-state index in [1.807, 2.05) is 6.07 Å². The summed E-state index contributed by atoms with van der Waals surface area (Å²) >= 11 is 0. The Morgan fingerprint density at radius 2 is 2.04 bits per heavy atom. The van der Waals surface area contributed by atoms with Gasteiger partial charge in [-0.2, -0.15) is 0 Å². The van der Waals surface area contributed by atoms with Gasteiger partial charge in [0.05, 0.1) is 6.54 Å². The van der Waals surface area contributed by atoms with Gasteiger partial charge in [-0.25, -0.2) is 9.97 Å². The van der Waals surface area contributed by atoms with Gasteiger partial charge >= 0.3 is 0 Å². The second-order valence-corrected chi connectivity index (χ2v) is 7.08. The molecule has 134 valence electrons. The fourth-order valence-corrected chi connectivity index (χ4v) is 3.75. The Balaban J connectivity index is 0.00000208. The number of carbonyl (C=O) groups is 1. The Morgan fingerprint density at radius 1 is 1.29 bits per heavy atom. The molecule has 2 aliphatic rings. The molecule has 2 atom stereocenters. The molecule has 24 heavy (non-hydrogen) atoms. The van der Waals surface area contributed by atoms with Crippen LogP contribution < -0.4 is 5.32 Å². The molecule has 1 saturated heterocycles. The maximum Gasteiger partial charge on any atom is 0.220 e. The van der Waals surface area contributed by atoms with Crippen LogP contribution in [0.25, 0.3) is 0 Å². The monoisotopic (exact) mass is 352 g/mol. The molecule has 2 fully saturated rings. The van der Waals surface area contributed by atoms with Crippen molar-refractivity contribution in [2.45, 2.75) is 58.0 Å². The second-order valence-electron chi connectivity index (χ2n) is 7.08. The molecule has 1 amide bonds. The Hall–Kier alpha value is -1.20. The van der Waals surface area contributed by atoms with Crippen molar-refractivity contribution in [3.05, 3.63) is 24.3 Å². The zero-order valence-corrected chi connectivity index (χ0v) is 15.3. The molecule has 1 saturated carbocycles. The van der Waals surface area contributed by atoms with Crippen molar-refractivity contribution in [1.82, 2.24) is 20.2 Å². The first kappa shape index (κ1) is 19.1. The molecule has 0 radical (unpaired) electrons. The topological polar surface area (TPSA) is 58.1 Å².